The Kier molecular flexibility index (Phi) is 8.27. The zero-order valence-electron chi connectivity index (χ0n) is 11.9. The first-order chi connectivity index (χ1) is 9.08. The minimum Gasteiger partial charge on any atom is -0.303 e. The van der Waals surface area contributed by atoms with Crippen molar-refractivity contribution in [3.8, 4) is 0 Å². The number of hydrogen-bond acceptors (Lipinski definition) is 2. The summed E-state index contributed by atoms with van der Waals surface area (Å²) in [6, 6.07) is 0. The van der Waals surface area contributed by atoms with Crippen LogP contribution in [0.2, 0.25) is 0 Å². The molecule has 114 valence electrons. The van der Waals surface area contributed by atoms with Gasteiger partial charge in [0.05, 0.1) is 6.10 Å². The van der Waals surface area contributed by atoms with Gasteiger partial charge in [0.2, 0.25) is 0 Å². The summed E-state index contributed by atoms with van der Waals surface area (Å²) >= 11 is 11.6. The molecule has 1 fully saturated rings. The molecule has 2 unspecified atom stereocenters. The molecular formula is C12H25Cl2N2O2P. The second-order valence-electron chi connectivity index (χ2n) is 4.83. The molecule has 0 aliphatic carbocycles. The van der Waals surface area contributed by atoms with Crippen LogP contribution in [0.4, 0.5) is 0 Å². The summed E-state index contributed by atoms with van der Waals surface area (Å²) in [6.45, 7) is 6.82. The quantitative estimate of drug-likeness (QED) is 0.500. The third kappa shape index (κ3) is 4.87. The summed E-state index contributed by atoms with van der Waals surface area (Å²) in [6.07, 6.45) is 3.05. The van der Waals surface area contributed by atoms with E-state index < -0.39 is 7.67 Å². The van der Waals surface area contributed by atoms with Gasteiger partial charge in [-0.05, 0) is 19.8 Å². The molecule has 0 radical (unpaired) electrons. The molecule has 2 atom stereocenters. The van der Waals surface area contributed by atoms with Crippen LogP contribution in [0, 0.1) is 0 Å². The Hall–Kier alpha value is 0.690. The van der Waals surface area contributed by atoms with Crippen molar-refractivity contribution in [2.75, 3.05) is 37.9 Å². The number of rotatable bonds is 8. The van der Waals surface area contributed by atoms with Gasteiger partial charge in [-0.2, -0.15) is 0 Å². The highest BCUT2D eigenvalue weighted by atomic mass is 35.5. The average molecular weight is 331 g/mol. The van der Waals surface area contributed by atoms with Crippen molar-refractivity contribution in [3.05, 3.63) is 0 Å². The number of halogens is 2. The minimum atomic E-state index is -2.95. The molecule has 7 heteroatoms. The van der Waals surface area contributed by atoms with Crippen LogP contribution in [0.15, 0.2) is 0 Å². The van der Waals surface area contributed by atoms with Crippen molar-refractivity contribution in [1.29, 1.82) is 0 Å². The lowest BCUT2D eigenvalue weighted by Crippen LogP contribution is -2.41. The zero-order valence-corrected chi connectivity index (χ0v) is 14.3. The van der Waals surface area contributed by atoms with E-state index in [4.69, 9.17) is 27.7 Å². The summed E-state index contributed by atoms with van der Waals surface area (Å²) in [7, 11) is -2.95. The number of nitrogens with zero attached hydrogens (tertiary/aromatic N) is 2. The Balaban J connectivity index is 2.85. The van der Waals surface area contributed by atoms with Crippen molar-refractivity contribution < 1.29 is 9.09 Å². The van der Waals surface area contributed by atoms with Crippen molar-refractivity contribution in [3.63, 3.8) is 0 Å². The van der Waals surface area contributed by atoms with Gasteiger partial charge in [-0.15, -0.1) is 23.2 Å². The summed E-state index contributed by atoms with van der Waals surface area (Å²) in [5, 5.41) is 0. The van der Waals surface area contributed by atoms with E-state index in [0.717, 1.165) is 32.4 Å². The molecule has 1 rings (SSSR count). The Bertz CT molecular complexity index is 299. The van der Waals surface area contributed by atoms with Gasteiger partial charge in [-0.25, -0.2) is 9.34 Å². The molecule has 0 N–H and O–H groups in total. The van der Waals surface area contributed by atoms with E-state index >= 15 is 0 Å². The van der Waals surface area contributed by atoms with Gasteiger partial charge in [0.25, 0.3) is 0 Å². The van der Waals surface area contributed by atoms with Gasteiger partial charge in [0.15, 0.2) is 0 Å². The highest BCUT2D eigenvalue weighted by Gasteiger charge is 2.42. The molecule has 19 heavy (non-hydrogen) atoms. The second-order valence-corrected chi connectivity index (χ2v) is 7.91. The monoisotopic (exact) mass is 330 g/mol. The van der Waals surface area contributed by atoms with E-state index in [1.807, 2.05) is 16.3 Å². The predicted octanol–water partition coefficient (Wildman–Crippen LogP) is 3.79. The smallest absolute Gasteiger partial charge is 0.303 e. The highest BCUT2D eigenvalue weighted by Crippen LogP contribution is 2.57. The third-order valence-electron chi connectivity index (χ3n) is 3.28. The third-order valence-corrected chi connectivity index (χ3v) is 6.48. The van der Waals surface area contributed by atoms with Crippen molar-refractivity contribution >= 4 is 30.9 Å². The van der Waals surface area contributed by atoms with E-state index in [1.165, 1.54) is 0 Å². The van der Waals surface area contributed by atoms with Crippen LogP contribution in [0.25, 0.3) is 0 Å². The van der Waals surface area contributed by atoms with Crippen LogP contribution in [-0.2, 0) is 9.09 Å². The molecule has 0 bridgehead atoms. The fourth-order valence-electron chi connectivity index (χ4n) is 2.19. The molecule has 0 spiro atoms. The molecule has 1 saturated heterocycles. The first-order valence-corrected chi connectivity index (χ1v) is 9.59. The van der Waals surface area contributed by atoms with Gasteiger partial charge in [0.1, 0.15) is 0 Å². The molecule has 0 amide bonds. The summed E-state index contributed by atoms with van der Waals surface area (Å²) < 4.78 is 22.9. The lowest BCUT2D eigenvalue weighted by molar-refractivity contribution is 0.111. The Morgan fingerprint density at radius 2 is 2.00 bits per heavy atom. The van der Waals surface area contributed by atoms with E-state index in [1.54, 1.807) is 0 Å². The van der Waals surface area contributed by atoms with Crippen LogP contribution in [0.5, 0.6) is 0 Å². The first kappa shape index (κ1) is 17.7. The highest BCUT2D eigenvalue weighted by molar-refractivity contribution is 7.54. The van der Waals surface area contributed by atoms with Crippen molar-refractivity contribution in [2.45, 2.75) is 39.2 Å². The maximum atomic E-state index is 13.3. The minimum absolute atomic E-state index is 0.0249. The molecule has 1 aliphatic rings. The summed E-state index contributed by atoms with van der Waals surface area (Å²) in [5.74, 6) is 0.862. The molecule has 0 saturated carbocycles. The molecule has 0 aromatic heterocycles. The van der Waals surface area contributed by atoms with Crippen LogP contribution in [0.3, 0.4) is 0 Å². The predicted molar refractivity (Wildman–Crippen MR) is 82.3 cm³/mol. The fraction of sp³-hybridized carbons (Fsp3) is 1.00. The fourth-order valence-corrected chi connectivity index (χ4v) is 5.51. The van der Waals surface area contributed by atoms with E-state index in [2.05, 4.69) is 6.92 Å². The zero-order chi connectivity index (χ0) is 14.3. The van der Waals surface area contributed by atoms with Crippen LogP contribution < -0.4 is 0 Å². The van der Waals surface area contributed by atoms with E-state index in [-0.39, 0.29) is 6.10 Å². The second kappa shape index (κ2) is 8.86. The lowest BCUT2D eigenvalue weighted by Gasteiger charge is -2.43. The van der Waals surface area contributed by atoms with Crippen LogP contribution in [0.1, 0.15) is 33.1 Å². The van der Waals surface area contributed by atoms with Gasteiger partial charge in [0, 0.05) is 37.9 Å². The van der Waals surface area contributed by atoms with E-state index in [9.17, 15) is 4.57 Å². The maximum absolute atomic E-state index is 13.3. The maximum Gasteiger partial charge on any atom is 0.346 e. The largest absolute Gasteiger partial charge is 0.346 e. The average Bonchev–Trinajstić information content (AvgIpc) is 2.37. The molecule has 0 aromatic rings. The summed E-state index contributed by atoms with van der Waals surface area (Å²) in [5.41, 5.74) is 0. The molecule has 4 nitrogen and oxygen atoms in total. The van der Waals surface area contributed by atoms with Gasteiger partial charge < -0.3 is 4.52 Å². The van der Waals surface area contributed by atoms with Gasteiger partial charge in [-0.3, -0.25) is 4.57 Å². The van der Waals surface area contributed by atoms with Gasteiger partial charge >= 0.3 is 7.67 Å². The van der Waals surface area contributed by atoms with Crippen LogP contribution in [-0.4, -0.2) is 53.4 Å². The summed E-state index contributed by atoms with van der Waals surface area (Å²) in [4.78, 5) is 0. The van der Waals surface area contributed by atoms with Crippen LogP contribution >= 0.6 is 30.9 Å². The normalized spacial score (nSPS) is 29.0. The number of unbranched alkanes of at least 4 members (excludes halogenated alkanes) is 1. The van der Waals surface area contributed by atoms with Crippen molar-refractivity contribution in [1.82, 2.24) is 9.34 Å². The topological polar surface area (TPSA) is 32.8 Å². The molecular weight excluding hydrogens is 306 g/mol. The van der Waals surface area contributed by atoms with E-state index in [0.29, 0.717) is 24.8 Å². The Morgan fingerprint density at radius 3 is 2.53 bits per heavy atom. The molecule has 0 aromatic carbocycles. The standard InChI is InChI=1S/C12H25Cl2N2O2P/c1-3-4-8-15-9-5-12(2)18-19(15,17)16(10-6-13)11-7-14/h12H,3-11H2,1-2H3. The Labute approximate surface area is 126 Å². The number of hydrogen-bond donors (Lipinski definition) is 0. The molecule has 1 aliphatic heterocycles. The Morgan fingerprint density at radius 1 is 1.37 bits per heavy atom. The number of alkyl halides is 2. The lowest BCUT2D eigenvalue weighted by atomic mass is 10.3. The molecule has 1 heterocycles. The van der Waals surface area contributed by atoms with Crippen molar-refractivity contribution in [2.24, 2.45) is 0 Å². The van der Waals surface area contributed by atoms with Gasteiger partial charge in [-0.1, -0.05) is 13.3 Å². The SMILES string of the molecule is CCCCN1CCC(C)OP1(=O)N(CCCl)CCCl. The first-order valence-electron chi connectivity index (χ1n) is 6.99.